The number of fused-ring (bicyclic) bond motifs is 2. The fourth-order valence-electron chi connectivity index (χ4n) is 4.39. The van der Waals surface area contributed by atoms with Gasteiger partial charge in [-0.15, -0.1) is 0 Å². The Hall–Kier alpha value is -4.66. The van der Waals surface area contributed by atoms with Crippen LogP contribution in [0.25, 0.3) is 22.0 Å². The molecule has 2 heterocycles. The van der Waals surface area contributed by atoms with E-state index < -0.39 is 11.7 Å². The maximum atomic E-state index is 14.0. The van der Waals surface area contributed by atoms with Crippen LogP contribution in [0.5, 0.6) is 28.7 Å². The first-order valence-corrected chi connectivity index (χ1v) is 11.6. The molecule has 0 saturated carbocycles. The number of para-hydroxylation sites is 1. The van der Waals surface area contributed by atoms with Gasteiger partial charge in [-0.05, 0) is 48.9 Å². The number of hydrogen-bond donors (Lipinski definition) is 0. The minimum absolute atomic E-state index is 0.0973. The molecule has 190 valence electrons. The lowest BCUT2D eigenvalue weighted by atomic mass is 9.98. The summed E-state index contributed by atoms with van der Waals surface area (Å²) < 4.78 is 34.1. The standard InChI is InChI=1S/C28H25NO8/c1-4-34-19-10-11-21-20(14-19)25(17-9-12-23-24(13-17)36-16-35-23)26(37-28(31)33-3)27(30)29(21)15-18-7-5-6-8-22(18)32-2/h5-14H,4,15-16H2,1-3H3. The lowest BCUT2D eigenvalue weighted by molar-refractivity contribution is 0.121. The zero-order valence-corrected chi connectivity index (χ0v) is 20.6. The predicted molar refractivity (Wildman–Crippen MR) is 136 cm³/mol. The molecule has 0 amide bonds. The molecule has 9 nitrogen and oxygen atoms in total. The van der Waals surface area contributed by atoms with E-state index in [1.165, 1.54) is 11.7 Å². The molecule has 3 aromatic carbocycles. The quantitative estimate of drug-likeness (QED) is 0.325. The first-order chi connectivity index (χ1) is 18.0. The van der Waals surface area contributed by atoms with Crippen molar-refractivity contribution in [3.8, 4) is 39.9 Å². The third-order valence-corrected chi connectivity index (χ3v) is 6.04. The Morgan fingerprint density at radius 1 is 1.00 bits per heavy atom. The number of rotatable bonds is 7. The molecule has 1 aromatic heterocycles. The Morgan fingerprint density at radius 3 is 2.59 bits per heavy atom. The van der Waals surface area contributed by atoms with Crippen LogP contribution in [0.3, 0.4) is 0 Å². The number of benzene rings is 3. The smallest absolute Gasteiger partial charge is 0.496 e. The van der Waals surface area contributed by atoms with Gasteiger partial charge in [-0.25, -0.2) is 4.79 Å². The molecule has 0 fully saturated rings. The molecule has 0 radical (unpaired) electrons. The first-order valence-electron chi connectivity index (χ1n) is 11.6. The van der Waals surface area contributed by atoms with Crippen molar-refractivity contribution in [3.05, 3.63) is 76.6 Å². The highest BCUT2D eigenvalue weighted by atomic mass is 16.7. The van der Waals surface area contributed by atoms with Crippen LogP contribution in [0.4, 0.5) is 4.79 Å². The number of carbonyl (C=O) groups excluding carboxylic acids is 1. The molecule has 37 heavy (non-hydrogen) atoms. The molecular weight excluding hydrogens is 478 g/mol. The van der Waals surface area contributed by atoms with E-state index in [1.54, 1.807) is 31.4 Å². The second-order valence-electron chi connectivity index (χ2n) is 8.14. The van der Waals surface area contributed by atoms with Gasteiger partial charge >= 0.3 is 6.16 Å². The molecule has 9 heteroatoms. The summed E-state index contributed by atoms with van der Waals surface area (Å²) in [6.45, 7) is 2.61. The fourth-order valence-corrected chi connectivity index (χ4v) is 4.39. The topological polar surface area (TPSA) is 94.5 Å². The second kappa shape index (κ2) is 10.1. The summed E-state index contributed by atoms with van der Waals surface area (Å²) in [5, 5.41) is 0.637. The minimum Gasteiger partial charge on any atom is -0.496 e. The molecule has 0 aliphatic carbocycles. The molecule has 0 unspecified atom stereocenters. The van der Waals surface area contributed by atoms with Gasteiger partial charge in [0.05, 0.1) is 32.9 Å². The van der Waals surface area contributed by atoms with Gasteiger partial charge in [0.25, 0.3) is 5.56 Å². The largest absolute Gasteiger partial charge is 0.513 e. The molecule has 0 bridgehead atoms. The highest BCUT2D eigenvalue weighted by Crippen LogP contribution is 2.42. The summed E-state index contributed by atoms with van der Waals surface area (Å²) in [4.78, 5) is 26.3. The molecule has 5 rings (SSSR count). The van der Waals surface area contributed by atoms with Crippen molar-refractivity contribution < 1.29 is 33.2 Å². The number of hydrogen-bond acceptors (Lipinski definition) is 8. The SMILES string of the molecule is CCOc1ccc2c(c1)c(-c1ccc3c(c1)OCO3)c(OC(=O)OC)c(=O)n2Cc1ccccc1OC. The number of methoxy groups -OCH3 is 2. The van der Waals surface area contributed by atoms with Crippen LogP contribution in [0.15, 0.2) is 65.5 Å². The Kier molecular flexibility index (Phi) is 6.59. The molecule has 4 aromatic rings. The Labute approximate surface area is 212 Å². The molecule has 0 N–H and O–H groups in total. The van der Waals surface area contributed by atoms with Crippen LogP contribution >= 0.6 is 0 Å². The first kappa shape index (κ1) is 24.1. The lowest BCUT2D eigenvalue weighted by Gasteiger charge is -2.19. The van der Waals surface area contributed by atoms with E-state index >= 15 is 0 Å². The normalized spacial score (nSPS) is 11.9. The number of nitrogens with zero attached hydrogens (tertiary/aromatic N) is 1. The molecule has 1 aliphatic rings. The van der Waals surface area contributed by atoms with Gasteiger partial charge in [0, 0.05) is 16.5 Å². The summed E-state index contributed by atoms with van der Waals surface area (Å²) in [6.07, 6.45) is -1.01. The Bertz CT molecular complexity index is 1540. The van der Waals surface area contributed by atoms with Gasteiger partial charge in [0.1, 0.15) is 11.5 Å². The summed E-state index contributed by atoms with van der Waals surface area (Å²) in [5.74, 6) is 2.16. The van der Waals surface area contributed by atoms with Gasteiger partial charge in [-0.2, -0.15) is 0 Å². The minimum atomic E-state index is -1.01. The van der Waals surface area contributed by atoms with E-state index in [0.717, 1.165) is 5.56 Å². The Balaban J connectivity index is 1.82. The number of pyridine rings is 1. The molecule has 0 saturated heterocycles. The van der Waals surface area contributed by atoms with Gasteiger partial charge in [-0.1, -0.05) is 24.3 Å². The molecular formula is C28H25NO8. The third kappa shape index (κ3) is 4.51. The van der Waals surface area contributed by atoms with Crippen molar-refractivity contribution >= 4 is 17.1 Å². The van der Waals surface area contributed by atoms with Crippen molar-refractivity contribution in [1.29, 1.82) is 0 Å². The van der Waals surface area contributed by atoms with Crippen LogP contribution in [-0.2, 0) is 11.3 Å². The zero-order valence-electron chi connectivity index (χ0n) is 20.6. The molecule has 0 spiro atoms. The monoisotopic (exact) mass is 503 g/mol. The highest BCUT2D eigenvalue weighted by Gasteiger charge is 2.25. The predicted octanol–water partition coefficient (Wildman–Crippen LogP) is 5.00. The molecule has 0 atom stereocenters. The molecule has 1 aliphatic heterocycles. The second-order valence-corrected chi connectivity index (χ2v) is 8.14. The van der Waals surface area contributed by atoms with E-state index in [0.29, 0.717) is 51.6 Å². The van der Waals surface area contributed by atoms with E-state index in [4.69, 9.17) is 28.4 Å². The van der Waals surface area contributed by atoms with Crippen molar-refractivity contribution in [2.24, 2.45) is 0 Å². The fraction of sp³-hybridized carbons (Fsp3) is 0.214. The van der Waals surface area contributed by atoms with Gasteiger partial charge in [0.2, 0.25) is 12.5 Å². The van der Waals surface area contributed by atoms with E-state index in [-0.39, 0.29) is 19.1 Å². The maximum Gasteiger partial charge on any atom is 0.513 e. The number of ether oxygens (including phenoxy) is 6. The average molecular weight is 504 g/mol. The maximum absolute atomic E-state index is 14.0. The highest BCUT2D eigenvalue weighted by molar-refractivity contribution is 5.99. The summed E-state index contributed by atoms with van der Waals surface area (Å²) in [5.41, 5.74) is 1.89. The van der Waals surface area contributed by atoms with Crippen LogP contribution in [0.1, 0.15) is 12.5 Å². The number of aromatic nitrogens is 1. The van der Waals surface area contributed by atoms with Crippen LogP contribution in [0.2, 0.25) is 0 Å². The van der Waals surface area contributed by atoms with Gasteiger partial charge < -0.3 is 33.0 Å². The van der Waals surface area contributed by atoms with Crippen LogP contribution < -0.4 is 29.2 Å². The lowest BCUT2D eigenvalue weighted by Crippen LogP contribution is -2.26. The summed E-state index contributed by atoms with van der Waals surface area (Å²) in [6, 6.07) is 18.1. The van der Waals surface area contributed by atoms with Crippen molar-refractivity contribution in [1.82, 2.24) is 4.57 Å². The van der Waals surface area contributed by atoms with Gasteiger partial charge in [0.15, 0.2) is 11.5 Å². The third-order valence-electron chi connectivity index (χ3n) is 6.04. The van der Waals surface area contributed by atoms with E-state index in [9.17, 15) is 9.59 Å². The van der Waals surface area contributed by atoms with Crippen LogP contribution in [0, 0.1) is 0 Å². The van der Waals surface area contributed by atoms with E-state index in [1.807, 2.05) is 43.3 Å². The zero-order chi connectivity index (χ0) is 25.9. The van der Waals surface area contributed by atoms with Crippen molar-refractivity contribution in [3.63, 3.8) is 0 Å². The average Bonchev–Trinajstić information content (AvgIpc) is 3.39. The summed E-state index contributed by atoms with van der Waals surface area (Å²) in [7, 11) is 2.76. The van der Waals surface area contributed by atoms with Gasteiger partial charge in [-0.3, -0.25) is 4.79 Å². The van der Waals surface area contributed by atoms with Crippen molar-refractivity contribution in [2.75, 3.05) is 27.6 Å². The Morgan fingerprint density at radius 2 is 1.81 bits per heavy atom. The van der Waals surface area contributed by atoms with Crippen molar-refractivity contribution in [2.45, 2.75) is 13.5 Å². The van der Waals surface area contributed by atoms with E-state index in [2.05, 4.69) is 0 Å². The number of carbonyl (C=O) groups is 1. The van der Waals surface area contributed by atoms with Crippen LogP contribution in [-0.4, -0.2) is 38.3 Å². The summed E-state index contributed by atoms with van der Waals surface area (Å²) >= 11 is 0.